The third kappa shape index (κ3) is 3.65. The molecule has 1 aliphatic rings. The molecule has 122 valence electrons. The Kier molecular flexibility index (Phi) is 4.83. The molecule has 3 rings (SSSR count). The maximum atomic E-state index is 13.9. The van der Waals surface area contributed by atoms with Crippen LogP contribution in [0.3, 0.4) is 0 Å². The summed E-state index contributed by atoms with van der Waals surface area (Å²) in [6.45, 7) is 1.63. The van der Waals surface area contributed by atoms with Gasteiger partial charge in [-0.3, -0.25) is 0 Å². The van der Waals surface area contributed by atoms with Gasteiger partial charge in [-0.2, -0.15) is 0 Å². The van der Waals surface area contributed by atoms with E-state index in [0.717, 1.165) is 12.1 Å². The Labute approximate surface area is 132 Å². The number of para-hydroxylation sites is 1. The second-order valence-electron chi connectivity index (χ2n) is 5.25. The van der Waals surface area contributed by atoms with E-state index < -0.39 is 35.4 Å². The summed E-state index contributed by atoms with van der Waals surface area (Å²) >= 11 is 0. The van der Waals surface area contributed by atoms with Crippen LogP contribution < -0.4 is 10.1 Å². The van der Waals surface area contributed by atoms with Gasteiger partial charge in [-0.15, -0.1) is 0 Å². The predicted octanol–water partition coefficient (Wildman–Crippen LogP) is 3.21. The van der Waals surface area contributed by atoms with E-state index in [4.69, 9.17) is 9.47 Å². The maximum absolute atomic E-state index is 13.9. The number of ether oxygens (including phenoxy) is 2. The fraction of sp³-hybridized carbons (Fsp3) is 0.294. The van der Waals surface area contributed by atoms with Crippen LogP contribution in [0.1, 0.15) is 11.7 Å². The first-order valence-corrected chi connectivity index (χ1v) is 7.33. The summed E-state index contributed by atoms with van der Waals surface area (Å²) in [5, 5.41) is 3.14. The number of rotatable bonds is 4. The Balaban J connectivity index is 1.92. The van der Waals surface area contributed by atoms with Crippen molar-refractivity contribution < 1.29 is 22.6 Å². The SMILES string of the molecule is Fc1ccc(C(Oc2c(F)cccc2F)[C@H]2CNCCO2)cc1. The van der Waals surface area contributed by atoms with E-state index in [1.807, 2.05) is 0 Å². The first-order chi connectivity index (χ1) is 11.1. The summed E-state index contributed by atoms with van der Waals surface area (Å²) in [6, 6.07) is 9.12. The monoisotopic (exact) mass is 323 g/mol. The van der Waals surface area contributed by atoms with Crippen LogP contribution in [0.25, 0.3) is 0 Å². The quantitative estimate of drug-likeness (QED) is 0.937. The van der Waals surface area contributed by atoms with Gasteiger partial charge in [0.2, 0.25) is 0 Å². The molecule has 1 N–H and O–H groups in total. The van der Waals surface area contributed by atoms with Gasteiger partial charge in [0, 0.05) is 13.1 Å². The Morgan fingerprint density at radius 3 is 2.35 bits per heavy atom. The second-order valence-corrected chi connectivity index (χ2v) is 5.25. The molecule has 2 atom stereocenters. The predicted molar refractivity (Wildman–Crippen MR) is 78.7 cm³/mol. The van der Waals surface area contributed by atoms with Crippen molar-refractivity contribution in [3.63, 3.8) is 0 Å². The number of nitrogens with one attached hydrogen (secondary N) is 1. The van der Waals surface area contributed by atoms with Crippen LogP contribution >= 0.6 is 0 Å². The summed E-state index contributed by atoms with van der Waals surface area (Å²) in [4.78, 5) is 0. The fourth-order valence-corrected chi connectivity index (χ4v) is 2.51. The molecule has 0 spiro atoms. The van der Waals surface area contributed by atoms with E-state index >= 15 is 0 Å². The van der Waals surface area contributed by atoms with E-state index in [9.17, 15) is 13.2 Å². The number of morpholine rings is 1. The standard InChI is InChI=1S/C17H16F3NO2/c18-12-6-4-11(5-7-12)16(15-10-21-8-9-22-15)23-17-13(19)2-1-3-14(17)20/h1-7,15-16,21H,8-10H2/t15-,16?/m1/s1. The van der Waals surface area contributed by atoms with Crippen LogP contribution in [-0.4, -0.2) is 25.8 Å². The average Bonchev–Trinajstić information content (AvgIpc) is 2.57. The third-order valence-electron chi connectivity index (χ3n) is 3.66. The van der Waals surface area contributed by atoms with Crippen molar-refractivity contribution in [2.45, 2.75) is 12.2 Å². The summed E-state index contributed by atoms with van der Waals surface area (Å²) in [6.07, 6.45) is -1.19. The number of hydrogen-bond acceptors (Lipinski definition) is 3. The molecule has 2 aromatic carbocycles. The lowest BCUT2D eigenvalue weighted by Gasteiger charge is -2.31. The van der Waals surface area contributed by atoms with Crippen molar-refractivity contribution in [1.29, 1.82) is 0 Å². The van der Waals surface area contributed by atoms with Gasteiger partial charge >= 0.3 is 0 Å². The molecule has 1 fully saturated rings. The van der Waals surface area contributed by atoms with Gasteiger partial charge in [0.05, 0.1) is 6.61 Å². The topological polar surface area (TPSA) is 30.5 Å². The summed E-state index contributed by atoms with van der Waals surface area (Å²) in [7, 11) is 0. The minimum atomic E-state index is -0.791. The minimum absolute atomic E-state index is 0.396. The van der Waals surface area contributed by atoms with Crippen molar-refractivity contribution in [2.75, 3.05) is 19.7 Å². The van der Waals surface area contributed by atoms with Crippen LogP contribution in [0.2, 0.25) is 0 Å². The smallest absolute Gasteiger partial charge is 0.191 e. The molecule has 1 unspecified atom stereocenters. The van der Waals surface area contributed by atoms with Crippen molar-refractivity contribution in [3.05, 3.63) is 65.5 Å². The van der Waals surface area contributed by atoms with Crippen molar-refractivity contribution in [1.82, 2.24) is 5.32 Å². The molecule has 1 heterocycles. The van der Waals surface area contributed by atoms with Crippen LogP contribution in [0.15, 0.2) is 42.5 Å². The molecule has 0 amide bonds. The number of hydrogen-bond donors (Lipinski definition) is 1. The summed E-state index contributed by atoms with van der Waals surface area (Å²) in [5.41, 5.74) is 0.586. The molecule has 0 bridgehead atoms. The molecule has 2 aromatic rings. The Morgan fingerprint density at radius 1 is 1.04 bits per heavy atom. The van der Waals surface area contributed by atoms with Gasteiger partial charge in [0.15, 0.2) is 23.5 Å². The van der Waals surface area contributed by atoms with E-state index in [0.29, 0.717) is 25.3 Å². The Bertz CT molecular complexity index is 637. The van der Waals surface area contributed by atoms with Gasteiger partial charge in [-0.05, 0) is 29.8 Å². The van der Waals surface area contributed by atoms with Gasteiger partial charge < -0.3 is 14.8 Å². The van der Waals surface area contributed by atoms with Crippen LogP contribution in [0.4, 0.5) is 13.2 Å². The van der Waals surface area contributed by atoms with Crippen molar-refractivity contribution in [2.24, 2.45) is 0 Å². The molecule has 1 aliphatic heterocycles. The molecule has 3 nitrogen and oxygen atoms in total. The highest BCUT2D eigenvalue weighted by atomic mass is 19.1. The largest absolute Gasteiger partial charge is 0.477 e. The van der Waals surface area contributed by atoms with Gasteiger partial charge in [0.25, 0.3) is 0 Å². The zero-order chi connectivity index (χ0) is 16.2. The van der Waals surface area contributed by atoms with Gasteiger partial charge in [0.1, 0.15) is 11.9 Å². The lowest BCUT2D eigenvalue weighted by Crippen LogP contribution is -2.43. The van der Waals surface area contributed by atoms with E-state index in [1.54, 1.807) is 0 Å². The molecule has 0 saturated carbocycles. The molecule has 6 heteroatoms. The zero-order valence-electron chi connectivity index (χ0n) is 12.3. The van der Waals surface area contributed by atoms with Gasteiger partial charge in [-0.1, -0.05) is 18.2 Å². The first kappa shape index (κ1) is 15.8. The van der Waals surface area contributed by atoms with Crippen LogP contribution in [-0.2, 0) is 4.74 Å². The highest BCUT2D eigenvalue weighted by Crippen LogP contribution is 2.31. The Hall–Kier alpha value is -2.05. The highest BCUT2D eigenvalue weighted by molar-refractivity contribution is 5.29. The molecular weight excluding hydrogens is 307 g/mol. The highest BCUT2D eigenvalue weighted by Gasteiger charge is 2.29. The number of benzene rings is 2. The number of halogens is 3. The van der Waals surface area contributed by atoms with Crippen LogP contribution in [0.5, 0.6) is 5.75 Å². The van der Waals surface area contributed by atoms with E-state index in [2.05, 4.69) is 5.32 Å². The molecule has 1 saturated heterocycles. The molecule has 0 radical (unpaired) electrons. The van der Waals surface area contributed by atoms with Crippen molar-refractivity contribution in [3.8, 4) is 5.75 Å². The normalized spacial score (nSPS) is 19.3. The lowest BCUT2D eigenvalue weighted by atomic mass is 10.0. The van der Waals surface area contributed by atoms with Crippen molar-refractivity contribution >= 4 is 0 Å². The maximum Gasteiger partial charge on any atom is 0.191 e. The second kappa shape index (κ2) is 7.02. The van der Waals surface area contributed by atoms with Gasteiger partial charge in [-0.25, -0.2) is 13.2 Å². The lowest BCUT2D eigenvalue weighted by molar-refractivity contribution is -0.0453. The third-order valence-corrected chi connectivity index (χ3v) is 3.66. The Morgan fingerprint density at radius 2 is 1.74 bits per heavy atom. The summed E-state index contributed by atoms with van der Waals surface area (Å²) < 4.78 is 52.2. The van der Waals surface area contributed by atoms with E-state index in [-0.39, 0.29) is 0 Å². The molecule has 23 heavy (non-hydrogen) atoms. The first-order valence-electron chi connectivity index (χ1n) is 7.33. The molecule has 0 aromatic heterocycles. The zero-order valence-corrected chi connectivity index (χ0v) is 12.3. The molecule has 0 aliphatic carbocycles. The van der Waals surface area contributed by atoms with Crippen LogP contribution in [0, 0.1) is 17.5 Å². The average molecular weight is 323 g/mol. The minimum Gasteiger partial charge on any atom is -0.477 e. The molecular formula is C17H16F3NO2. The summed E-state index contributed by atoms with van der Waals surface area (Å²) in [5.74, 6) is -2.44. The fourth-order valence-electron chi connectivity index (χ4n) is 2.51. The van der Waals surface area contributed by atoms with E-state index in [1.165, 1.54) is 30.3 Å².